The van der Waals surface area contributed by atoms with Gasteiger partial charge in [0.15, 0.2) is 0 Å². The monoisotopic (exact) mass is 418 g/mol. The molecule has 0 spiro atoms. The lowest BCUT2D eigenvalue weighted by molar-refractivity contribution is 0.373. The van der Waals surface area contributed by atoms with Crippen molar-refractivity contribution in [3.63, 3.8) is 0 Å². The first-order chi connectivity index (χ1) is 14.7. The molecule has 0 saturated carbocycles. The minimum absolute atomic E-state index is 0.0941. The number of aromatic nitrogens is 2. The lowest BCUT2D eigenvalue weighted by atomic mass is 10.0. The zero-order valence-corrected chi connectivity index (χ0v) is 18.6. The van der Waals surface area contributed by atoms with Gasteiger partial charge < -0.3 is 21.1 Å². The number of anilines is 2. The number of phenolic OH excluding ortho intramolecular Hbond substituents is 1. The molecule has 3 heterocycles. The summed E-state index contributed by atoms with van der Waals surface area (Å²) >= 11 is 0. The number of pyridine rings is 2. The maximum absolute atomic E-state index is 10.4. The molecule has 0 bridgehead atoms. The van der Waals surface area contributed by atoms with Gasteiger partial charge in [-0.1, -0.05) is 0 Å². The van der Waals surface area contributed by atoms with Gasteiger partial charge in [0.2, 0.25) is 0 Å². The first-order valence-electron chi connectivity index (χ1n) is 10.6. The molecule has 31 heavy (non-hydrogen) atoms. The van der Waals surface area contributed by atoms with Gasteiger partial charge in [0.05, 0.1) is 16.7 Å². The largest absolute Gasteiger partial charge is 0.507 e. The number of benzene rings is 1. The topological polar surface area (TPSA) is 99.7 Å². The molecule has 1 aromatic carbocycles. The van der Waals surface area contributed by atoms with Crippen molar-refractivity contribution in [3.8, 4) is 17.0 Å². The SMILES string of the molecule is CN=Cc1cc(-c2ccc3nc(N4CCC(NC(C)(C)C)C4)ccc3n2)c(O)cc1N. The van der Waals surface area contributed by atoms with Gasteiger partial charge in [0.1, 0.15) is 11.6 Å². The second-order valence-corrected chi connectivity index (χ2v) is 9.12. The van der Waals surface area contributed by atoms with Crippen molar-refractivity contribution in [2.75, 3.05) is 30.8 Å². The van der Waals surface area contributed by atoms with Crippen LogP contribution < -0.4 is 16.0 Å². The molecule has 0 radical (unpaired) electrons. The number of phenols is 1. The highest BCUT2D eigenvalue weighted by molar-refractivity contribution is 5.91. The Labute approximate surface area is 183 Å². The molecule has 1 aliphatic heterocycles. The van der Waals surface area contributed by atoms with E-state index < -0.39 is 0 Å². The Hall–Kier alpha value is -3.19. The second kappa shape index (κ2) is 8.15. The van der Waals surface area contributed by atoms with Crippen LogP contribution >= 0.6 is 0 Å². The van der Waals surface area contributed by atoms with E-state index in [0.29, 0.717) is 23.0 Å². The molecular formula is C24H30N6O. The van der Waals surface area contributed by atoms with Crippen LogP contribution in [-0.4, -0.2) is 53.0 Å². The minimum atomic E-state index is 0.0941. The molecule has 1 saturated heterocycles. The van der Waals surface area contributed by atoms with Crippen LogP contribution in [0.25, 0.3) is 22.3 Å². The van der Waals surface area contributed by atoms with E-state index in [2.05, 4.69) is 36.0 Å². The molecule has 1 fully saturated rings. The number of rotatable bonds is 4. The van der Waals surface area contributed by atoms with Gasteiger partial charge in [0.25, 0.3) is 0 Å². The van der Waals surface area contributed by atoms with E-state index in [9.17, 15) is 5.11 Å². The molecule has 7 heteroatoms. The first kappa shape index (κ1) is 21.1. The number of nitrogen functional groups attached to an aromatic ring is 1. The highest BCUT2D eigenvalue weighted by atomic mass is 16.3. The molecule has 2 aromatic heterocycles. The van der Waals surface area contributed by atoms with Gasteiger partial charge in [-0.25, -0.2) is 9.97 Å². The Morgan fingerprint density at radius 3 is 2.65 bits per heavy atom. The van der Waals surface area contributed by atoms with Crippen LogP contribution in [0.2, 0.25) is 0 Å². The molecular weight excluding hydrogens is 388 g/mol. The zero-order valence-electron chi connectivity index (χ0n) is 18.6. The minimum Gasteiger partial charge on any atom is -0.507 e. The summed E-state index contributed by atoms with van der Waals surface area (Å²) in [6, 6.07) is 11.7. The second-order valence-electron chi connectivity index (χ2n) is 9.12. The van der Waals surface area contributed by atoms with E-state index in [-0.39, 0.29) is 11.3 Å². The van der Waals surface area contributed by atoms with Crippen molar-refractivity contribution < 1.29 is 5.11 Å². The number of aromatic hydroxyl groups is 1. The lowest BCUT2D eigenvalue weighted by Gasteiger charge is -2.26. The molecule has 1 aliphatic rings. The fourth-order valence-electron chi connectivity index (χ4n) is 4.10. The third-order valence-corrected chi connectivity index (χ3v) is 5.42. The highest BCUT2D eigenvalue weighted by Gasteiger charge is 2.26. The average Bonchev–Trinajstić information content (AvgIpc) is 3.16. The Morgan fingerprint density at radius 1 is 1.16 bits per heavy atom. The van der Waals surface area contributed by atoms with Gasteiger partial charge in [-0.05, 0) is 57.5 Å². The number of fused-ring (bicyclic) bond motifs is 1. The van der Waals surface area contributed by atoms with Crippen molar-refractivity contribution in [1.82, 2.24) is 15.3 Å². The van der Waals surface area contributed by atoms with Crippen LogP contribution in [0, 0.1) is 0 Å². The van der Waals surface area contributed by atoms with Gasteiger partial charge in [0, 0.05) is 60.8 Å². The van der Waals surface area contributed by atoms with Gasteiger partial charge in [-0.15, -0.1) is 0 Å². The number of nitrogens with one attached hydrogen (secondary N) is 1. The number of aliphatic imine (C=N–C) groups is 1. The van der Waals surface area contributed by atoms with Crippen molar-refractivity contribution in [1.29, 1.82) is 0 Å². The summed E-state index contributed by atoms with van der Waals surface area (Å²) in [4.78, 5) is 15.9. The molecule has 1 atom stereocenters. The molecule has 4 rings (SSSR count). The van der Waals surface area contributed by atoms with Crippen LogP contribution in [0.1, 0.15) is 32.8 Å². The fraction of sp³-hybridized carbons (Fsp3) is 0.375. The van der Waals surface area contributed by atoms with Gasteiger partial charge in [-0.3, -0.25) is 4.99 Å². The standard InChI is InChI=1S/C24H30N6O/c1-24(2,3)29-16-9-10-30(14-16)23-8-7-20-21(28-23)6-5-19(27-20)17-11-15(13-26-4)18(25)12-22(17)31/h5-8,11-13,16,29,31H,9-10,14,25H2,1-4H3. The average molecular weight is 419 g/mol. The number of nitrogens with zero attached hydrogens (tertiary/aromatic N) is 4. The number of nitrogens with two attached hydrogens (primary N) is 1. The van der Waals surface area contributed by atoms with Gasteiger partial charge >= 0.3 is 0 Å². The van der Waals surface area contributed by atoms with Crippen molar-refractivity contribution in [2.45, 2.75) is 38.8 Å². The Kier molecular flexibility index (Phi) is 5.54. The molecule has 7 nitrogen and oxygen atoms in total. The third kappa shape index (κ3) is 4.61. The van der Waals surface area contributed by atoms with Crippen molar-refractivity contribution in [2.24, 2.45) is 4.99 Å². The maximum Gasteiger partial charge on any atom is 0.129 e. The molecule has 0 aliphatic carbocycles. The summed E-state index contributed by atoms with van der Waals surface area (Å²) in [5, 5.41) is 14.1. The van der Waals surface area contributed by atoms with Crippen LogP contribution in [0.15, 0.2) is 41.4 Å². The smallest absolute Gasteiger partial charge is 0.129 e. The van der Waals surface area contributed by atoms with Crippen LogP contribution in [0.3, 0.4) is 0 Å². The molecule has 4 N–H and O–H groups in total. The summed E-state index contributed by atoms with van der Waals surface area (Å²) < 4.78 is 0. The predicted octanol–water partition coefficient (Wildman–Crippen LogP) is 3.60. The van der Waals surface area contributed by atoms with E-state index in [4.69, 9.17) is 15.7 Å². The van der Waals surface area contributed by atoms with Crippen LogP contribution in [0.5, 0.6) is 5.75 Å². The summed E-state index contributed by atoms with van der Waals surface area (Å²) in [6.45, 7) is 8.53. The van der Waals surface area contributed by atoms with Crippen LogP contribution in [0.4, 0.5) is 11.5 Å². The molecule has 0 amide bonds. The Morgan fingerprint density at radius 2 is 1.90 bits per heavy atom. The van der Waals surface area contributed by atoms with E-state index in [0.717, 1.165) is 41.9 Å². The number of hydrogen-bond acceptors (Lipinski definition) is 7. The zero-order chi connectivity index (χ0) is 22.2. The third-order valence-electron chi connectivity index (χ3n) is 5.42. The predicted molar refractivity (Wildman–Crippen MR) is 128 cm³/mol. The van der Waals surface area contributed by atoms with E-state index in [1.54, 1.807) is 19.3 Å². The summed E-state index contributed by atoms with van der Waals surface area (Å²) in [7, 11) is 1.69. The van der Waals surface area contributed by atoms with Gasteiger partial charge in [-0.2, -0.15) is 0 Å². The van der Waals surface area contributed by atoms with Crippen molar-refractivity contribution >= 4 is 28.8 Å². The Balaban J connectivity index is 1.61. The quantitative estimate of drug-likeness (QED) is 0.442. The summed E-state index contributed by atoms with van der Waals surface area (Å²) in [5.41, 5.74) is 10.2. The summed E-state index contributed by atoms with van der Waals surface area (Å²) in [5.74, 6) is 1.06. The summed E-state index contributed by atoms with van der Waals surface area (Å²) in [6.07, 6.45) is 2.78. The Bertz CT molecular complexity index is 1130. The van der Waals surface area contributed by atoms with E-state index in [1.165, 1.54) is 6.07 Å². The molecule has 1 unspecified atom stereocenters. The maximum atomic E-state index is 10.4. The van der Waals surface area contributed by atoms with E-state index in [1.807, 2.05) is 24.3 Å². The number of hydrogen-bond donors (Lipinski definition) is 3. The van der Waals surface area contributed by atoms with Crippen molar-refractivity contribution in [3.05, 3.63) is 42.0 Å². The molecule has 162 valence electrons. The lowest BCUT2D eigenvalue weighted by Crippen LogP contribution is -2.44. The normalized spacial score (nSPS) is 17.2. The fourth-order valence-corrected chi connectivity index (χ4v) is 4.10. The highest BCUT2D eigenvalue weighted by Crippen LogP contribution is 2.33. The van der Waals surface area contributed by atoms with E-state index >= 15 is 0 Å². The molecule has 3 aromatic rings. The van der Waals surface area contributed by atoms with Crippen LogP contribution in [-0.2, 0) is 0 Å². The first-order valence-corrected chi connectivity index (χ1v) is 10.6.